The average Bonchev–Trinajstić information content (AvgIpc) is 2.50. The van der Waals surface area contributed by atoms with E-state index in [0.717, 1.165) is 3.57 Å². The smallest absolute Gasteiger partial charge is 0.339 e. The van der Waals surface area contributed by atoms with E-state index >= 15 is 0 Å². The van der Waals surface area contributed by atoms with Crippen LogP contribution in [0, 0.1) is 3.57 Å². The molecule has 8 heteroatoms. The van der Waals surface area contributed by atoms with Gasteiger partial charge in [-0.3, -0.25) is 4.79 Å². The van der Waals surface area contributed by atoms with Gasteiger partial charge in [0.25, 0.3) is 5.91 Å². The number of carbonyl (C=O) groups excluding carboxylic acids is 2. The minimum atomic E-state index is -1.01. The highest BCUT2D eigenvalue weighted by molar-refractivity contribution is 14.1. The first-order valence-corrected chi connectivity index (χ1v) is 8.29. The first-order chi connectivity index (χ1) is 10.9. The molecule has 23 heavy (non-hydrogen) atoms. The number of aromatic nitrogens is 1. The van der Waals surface area contributed by atoms with Gasteiger partial charge in [0.2, 0.25) is 0 Å². The van der Waals surface area contributed by atoms with Crippen LogP contribution in [0.1, 0.15) is 17.3 Å². The number of amides is 1. The Kier molecular flexibility index (Phi) is 6.20. The molecular weight excluding hydrogens is 454 g/mol. The molecule has 120 valence electrons. The molecular formula is C15H11Cl2IN2O3. The predicted octanol–water partition coefficient (Wildman–Crippen LogP) is 4.18. The highest BCUT2D eigenvalue weighted by atomic mass is 127. The Morgan fingerprint density at radius 1 is 1.30 bits per heavy atom. The number of hydrogen-bond donors (Lipinski definition) is 1. The fourth-order valence-electron chi connectivity index (χ4n) is 1.63. The maximum absolute atomic E-state index is 12.1. The molecule has 0 spiro atoms. The zero-order chi connectivity index (χ0) is 17.0. The second kappa shape index (κ2) is 7.94. The lowest BCUT2D eigenvalue weighted by Crippen LogP contribution is -2.30. The summed E-state index contributed by atoms with van der Waals surface area (Å²) in [4.78, 5) is 28.1. The maximum Gasteiger partial charge on any atom is 0.339 e. The number of nitrogens with zero attached hydrogens (tertiary/aromatic N) is 1. The number of anilines is 1. The van der Waals surface area contributed by atoms with Crippen molar-refractivity contribution in [1.29, 1.82) is 0 Å². The number of nitrogens with one attached hydrogen (secondary N) is 1. The third-order valence-electron chi connectivity index (χ3n) is 2.80. The standard InChI is InChI=1S/C15H11Cl2IN2O3/c1-8(23-15(22)10-4-2-3-5-12(10)18)14(21)20-13-11(17)6-9(16)7-19-13/h2-8H,1H3,(H,19,20,21). The summed E-state index contributed by atoms with van der Waals surface area (Å²) in [5.74, 6) is -0.966. The van der Waals surface area contributed by atoms with Crippen molar-refractivity contribution in [2.75, 3.05) is 5.32 Å². The molecule has 0 radical (unpaired) electrons. The van der Waals surface area contributed by atoms with Gasteiger partial charge in [-0.1, -0.05) is 35.3 Å². The summed E-state index contributed by atoms with van der Waals surface area (Å²) in [6.45, 7) is 1.47. The third-order valence-corrected chi connectivity index (χ3v) is 4.23. The summed E-state index contributed by atoms with van der Waals surface area (Å²) in [5.41, 5.74) is 0.399. The molecule has 1 N–H and O–H groups in total. The van der Waals surface area contributed by atoms with Gasteiger partial charge in [0.1, 0.15) is 0 Å². The van der Waals surface area contributed by atoms with E-state index in [1.165, 1.54) is 19.2 Å². The molecule has 1 unspecified atom stereocenters. The Labute approximate surface area is 156 Å². The molecule has 1 aromatic carbocycles. The van der Waals surface area contributed by atoms with Crippen molar-refractivity contribution in [3.8, 4) is 0 Å². The SMILES string of the molecule is CC(OC(=O)c1ccccc1I)C(=O)Nc1ncc(Cl)cc1Cl. The second-order valence-corrected chi connectivity index (χ2v) is 6.51. The van der Waals surface area contributed by atoms with Crippen LogP contribution >= 0.6 is 45.8 Å². The molecule has 0 bridgehead atoms. The van der Waals surface area contributed by atoms with Crippen LogP contribution in [0.3, 0.4) is 0 Å². The van der Waals surface area contributed by atoms with Crippen molar-refractivity contribution in [2.45, 2.75) is 13.0 Å². The lowest BCUT2D eigenvalue weighted by molar-refractivity contribution is -0.123. The zero-order valence-electron chi connectivity index (χ0n) is 11.8. The molecule has 0 aliphatic carbocycles. The van der Waals surface area contributed by atoms with Gasteiger partial charge in [-0.05, 0) is 47.7 Å². The van der Waals surface area contributed by atoms with E-state index in [1.807, 2.05) is 28.7 Å². The summed E-state index contributed by atoms with van der Waals surface area (Å²) in [7, 11) is 0. The molecule has 1 aromatic heterocycles. The quantitative estimate of drug-likeness (QED) is 0.544. The van der Waals surface area contributed by atoms with E-state index in [0.29, 0.717) is 10.6 Å². The molecule has 0 saturated carbocycles. The number of benzene rings is 1. The molecule has 1 amide bonds. The monoisotopic (exact) mass is 464 g/mol. The Hall–Kier alpha value is -1.38. The van der Waals surface area contributed by atoms with Gasteiger partial charge in [-0.15, -0.1) is 0 Å². The maximum atomic E-state index is 12.1. The van der Waals surface area contributed by atoms with Crippen molar-refractivity contribution in [1.82, 2.24) is 4.98 Å². The number of hydrogen-bond acceptors (Lipinski definition) is 4. The molecule has 0 fully saturated rings. The van der Waals surface area contributed by atoms with Crippen molar-refractivity contribution in [3.63, 3.8) is 0 Å². The van der Waals surface area contributed by atoms with Gasteiger partial charge >= 0.3 is 5.97 Å². The fourth-order valence-corrected chi connectivity index (χ4v) is 2.66. The van der Waals surface area contributed by atoms with Crippen molar-refractivity contribution in [2.24, 2.45) is 0 Å². The van der Waals surface area contributed by atoms with E-state index < -0.39 is 18.0 Å². The van der Waals surface area contributed by atoms with Crippen LogP contribution in [0.2, 0.25) is 10.0 Å². The molecule has 2 aromatic rings. The molecule has 1 heterocycles. The molecule has 5 nitrogen and oxygen atoms in total. The summed E-state index contributed by atoms with van der Waals surface area (Å²) in [6.07, 6.45) is 0.346. The lowest BCUT2D eigenvalue weighted by Gasteiger charge is -2.14. The van der Waals surface area contributed by atoms with E-state index in [9.17, 15) is 9.59 Å². The van der Waals surface area contributed by atoms with Gasteiger partial charge in [0.15, 0.2) is 11.9 Å². The van der Waals surface area contributed by atoms with Gasteiger partial charge in [-0.2, -0.15) is 0 Å². The number of halogens is 3. The predicted molar refractivity (Wildman–Crippen MR) is 96.9 cm³/mol. The summed E-state index contributed by atoms with van der Waals surface area (Å²) in [6, 6.07) is 8.39. The molecule has 0 aliphatic rings. The zero-order valence-corrected chi connectivity index (χ0v) is 15.5. The van der Waals surface area contributed by atoms with E-state index in [4.69, 9.17) is 27.9 Å². The van der Waals surface area contributed by atoms with E-state index in [2.05, 4.69) is 10.3 Å². The van der Waals surface area contributed by atoms with Gasteiger partial charge in [0, 0.05) is 9.77 Å². The average molecular weight is 465 g/mol. The highest BCUT2D eigenvalue weighted by Crippen LogP contribution is 2.22. The third kappa shape index (κ3) is 4.79. The Balaban J connectivity index is 2.03. The molecule has 2 rings (SSSR count). The van der Waals surface area contributed by atoms with Crippen LogP contribution in [0.4, 0.5) is 5.82 Å². The van der Waals surface area contributed by atoms with Crippen LogP contribution in [0.25, 0.3) is 0 Å². The van der Waals surface area contributed by atoms with Crippen molar-refractivity contribution in [3.05, 3.63) is 55.7 Å². The van der Waals surface area contributed by atoms with Gasteiger partial charge < -0.3 is 10.1 Å². The normalized spacial score (nSPS) is 11.7. The number of rotatable bonds is 4. The van der Waals surface area contributed by atoms with Crippen LogP contribution in [-0.4, -0.2) is 23.0 Å². The number of carbonyl (C=O) groups is 2. The summed E-state index contributed by atoms with van der Waals surface area (Å²) in [5, 5.41) is 3.04. The highest BCUT2D eigenvalue weighted by Gasteiger charge is 2.21. The van der Waals surface area contributed by atoms with Gasteiger partial charge in [-0.25, -0.2) is 9.78 Å². The first kappa shape index (κ1) is 18.0. The van der Waals surface area contributed by atoms with E-state index in [-0.39, 0.29) is 10.8 Å². The van der Waals surface area contributed by atoms with Crippen molar-refractivity contribution >= 4 is 63.5 Å². The van der Waals surface area contributed by atoms with E-state index in [1.54, 1.807) is 18.2 Å². The number of ether oxygens (including phenoxy) is 1. The molecule has 0 saturated heterocycles. The number of pyridine rings is 1. The van der Waals surface area contributed by atoms with Gasteiger partial charge in [0.05, 0.1) is 15.6 Å². The van der Waals surface area contributed by atoms with Crippen LogP contribution in [0.5, 0.6) is 0 Å². The largest absolute Gasteiger partial charge is 0.449 e. The Bertz CT molecular complexity index is 755. The Morgan fingerprint density at radius 2 is 2.00 bits per heavy atom. The van der Waals surface area contributed by atoms with Crippen LogP contribution < -0.4 is 5.32 Å². The second-order valence-electron chi connectivity index (χ2n) is 4.50. The van der Waals surface area contributed by atoms with Crippen LogP contribution in [-0.2, 0) is 9.53 Å². The summed E-state index contributed by atoms with van der Waals surface area (Å²) >= 11 is 13.7. The minimum absolute atomic E-state index is 0.151. The lowest BCUT2D eigenvalue weighted by atomic mass is 10.2. The molecule has 1 atom stereocenters. The topological polar surface area (TPSA) is 68.3 Å². The fraction of sp³-hybridized carbons (Fsp3) is 0.133. The molecule has 0 aliphatic heterocycles. The number of esters is 1. The Morgan fingerprint density at radius 3 is 2.65 bits per heavy atom. The summed E-state index contributed by atoms with van der Waals surface area (Å²) < 4.78 is 5.90. The van der Waals surface area contributed by atoms with Crippen LogP contribution in [0.15, 0.2) is 36.5 Å². The minimum Gasteiger partial charge on any atom is -0.449 e. The first-order valence-electron chi connectivity index (χ1n) is 6.46. The van der Waals surface area contributed by atoms with Crippen molar-refractivity contribution < 1.29 is 14.3 Å².